The van der Waals surface area contributed by atoms with Crippen LogP contribution in [-0.4, -0.2) is 42.3 Å². The summed E-state index contributed by atoms with van der Waals surface area (Å²) in [6.45, 7) is 1.92. The molecule has 0 spiro atoms. The van der Waals surface area contributed by atoms with E-state index in [-0.39, 0.29) is 18.1 Å². The molecule has 0 aliphatic carbocycles. The molecule has 3 rings (SSSR count). The Balaban J connectivity index is 1.80. The van der Waals surface area contributed by atoms with Crippen molar-refractivity contribution in [2.75, 3.05) is 20.3 Å². The van der Waals surface area contributed by atoms with Gasteiger partial charge in [0.15, 0.2) is 11.5 Å². The van der Waals surface area contributed by atoms with E-state index in [0.29, 0.717) is 39.1 Å². The second-order valence-electron chi connectivity index (χ2n) is 7.24. The largest absolute Gasteiger partial charge is 0.493 e. The van der Waals surface area contributed by atoms with Crippen LogP contribution in [0.25, 0.3) is 6.08 Å². The number of amides is 2. The lowest BCUT2D eigenvalue weighted by atomic mass is 10.1. The number of hydrogen-bond donors (Lipinski definition) is 0. The van der Waals surface area contributed by atoms with Gasteiger partial charge in [0.25, 0.3) is 11.1 Å². The van der Waals surface area contributed by atoms with Crippen molar-refractivity contribution >= 4 is 58.2 Å². The van der Waals surface area contributed by atoms with Crippen molar-refractivity contribution in [2.45, 2.75) is 26.4 Å². The van der Waals surface area contributed by atoms with Crippen molar-refractivity contribution in [3.63, 3.8) is 0 Å². The summed E-state index contributed by atoms with van der Waals surface area (Å²) in [6, 6.07) is 10.3. The Morgan fingerprint density at radius 2 is 1.97 bits per heavy atom. The van der Waals surface area contributed by atoms with Gasteiger partial charge in [-0.3, -0.25) is 19.3 Å². The number of unbranched alkanes of at least 4 members (excludes halogenated alkanes) is 1. The molecular weight excluding hydrogens is 501 g/mol. The number of rotatable bonds is 10. The predicted octanol–water partition coefficient (Wildman–Crippen LogP) is 5.96. The quantitative estimate of drug-likeness (QED) is 0.216. The van der Waals surface area contributed by atoms with Gasteiger partial charge in [0.05, 0.1) is 18.6 Å². The van der Waals surface area contributed by atoms with E-state index in [0.717, 1.165) is 23.1 Å². The first-order chi connectivity index (χ1) is 16.3. The molecule has 10 heteroatoms. The molecule has 180 valence electrons. The van der Waals surface area contributed by atoms with E-state index in [1.807, 2.05) is 6.92 Å². The maximum Gasteiger partial charge on any atom is 0.326 e. The molecule has 0 radical (unpaired) electrons. The Kier molecular flexibility index (Phi) is 9.27. The zero-order valence-corrected chi connectivity index (χ0v) is 21.0. The summed E-state index contributed by atoms with van der Waals surface area (Å²) in [5, 5.41) is 0.426. The summed E-state index contributed by atoms with van der Waals surface area (Å²) in [4.78, 5) is 38.2. The highest BCUT2D eigenvalue weighted by Gasteiger charge is 2.37. The van der Waals surface area contributed by atoms with Gasteiger partial charge in [-0.25, -0.2) is 0 Å². The summed E-state index contributed by atoms with van der Waals surface area (Å²) < 4.78 is 16.5. The predicted molar refractivity (Wildman–Crippen MR) is 132 cm³/mol. The number of nitrogens with zero attached hydrogens (tertiary/aromatic N) is 1. The van der Waals surface area contributed by atoms with Crippen LogP contribution in [0.1, 0.15) is 30.9 Å². The summed E-state index contributed by atoms with van der Waals surface area (Å²) in [5.74, 6) is -0.376. The van der Waals surface area contributed by atoms with E-state index >= 15 is 0 Å². The van der Waals surface area contributed by atoms with Crippen LogP contribution in [0, 0.1) is 0 Å². The highest BCUT2D eigenvalue weighted by molar-refractivity contribution is 8.18. The van der Waals surface area contributed by atoms with E-state index in [2.05, 4.69) is 0 Å². The lowest BCUT2D eigenvalue weighted by Crippen LogP contribution is -2.34. The van der Waals surface area contributed by atoms with Gasteiger partial charge >= 0.3 is 5.97 Å². The zero-order valence-electron chi connectivity index (χ0n) is 18.6. The van der Waals surface area contributed by atoms with Crippen LogP contribution in [0.2, 0.25) is 10.0 Å². The van der Waals surface area contributed by atoms with Crippen molar-refractivity contribution in [2.24, 2.45) is 0 Å². The molecule has 0 saturated carbocycles. The molecule has 0 bridgehead atoms. The van der Waals surface area contributed by atoms with Crippen molar-refractivity contribution in [3.05, 3.63) is 62.5 Å². The molecule has 1 aliphatic rings. The first kappa shape index (κ1) is 25.9. The van der Waals surface area contributed by atoms with Crippen molar-refractivity contribution < 1.29 is 28.6 Å². The Bertz CT molecular complexity index is 1120. The summed E-state index contributed by atoms with van der Waals surface area (Å²) in [7, 11) is 1.50. The Labute approximate surface area is 211 Å². The average Bonchev–Trinajstić information content (AvgIpc) is 3.06. The first-order valence-electron chi connectivity index (χ1n) is 10.5. The number of benzene rings is 2. The number of hydrogen-bond acceptors (Lipinski definition) is 7. The van der Waals surface area contributed by atoms with Gasteiger partial charge in [-0.15, -0.1) is 0 Å². The maximum atomic E-state index is 12.8. The number of methoxy groups -OCH3 is 1. The van der Waals surface area contributed by atoms with E-state index in [1.165, 1.54) is 13.2 Å². The molecule has 34 heavy (non-hydrogen) atoms. The van der Waals surface area contributed by atoms with E-state index < -0.39 is 23.7 Å². The Hall–Kier alpha value is -2.68. The smallest absolute Gasteiger partial charge is 0.326 e. The SMILES string of the molecule is CCCCOC(=O)CN1C(=O)S/C(=C/c2cccc(OC)c2OCc2ccc(Cl)cc2Cl)C1=O. The number of carbonyl (C=O) groups is 3. The molecule has 2 aromatic carbocycles. The fourth-order valence-corrected chi connectivity index (χ4v) is 4.33. The number of para-hydroxylation sites is 1. The average molecular weight is 524 g/mol. The van der Waals surface area contributed by atoms with Crippen molar-refractivity contribution in [1.29, 1.82) is 0 Å². The molecule has 0 aromatic heterocycles. The number of halogens is 2. The molecule has 0 N–H and O–H groups in total. The normalized spacial score (nSPS) is 14.6. The van der Waals surface area contributed by atoms with Gasteiger partial charge in [0.2, 0.25) is 0 Å². The number of thioether (sulfide) groups is 1. The van der Waals surface area contributed by atoms with Gasteiger partial charge < -0.3 is 14.2 Å². The molecule has 1 aliphatic heterocycles. The minimum atomic E-state index is -0.623. The minimum Gasteiger partial charge on any atom is -0.493 e. The molecule has 0 unspecified atom stereocenters. The highest BCUT2D eigenvalue weighted by Crippen LogP contribution is 2.38. The standard InChI is InChI=1S/C24H23Cl2NO6S/c1-3-4-10-32-21(28)13-27-23(29)20(34-24(27)30)11-15-6-5-7-19(31-2)22(15)33-14-16-8-9-17(25)12-18(16)26/h5-9,11-12H,3-4,10,13-14H2,1-2H3/b20-11+. The molecule has 1 saturated heterocycles. The van der Waals surface area contributed by atoms with Gasteiger partial charge in [0, 0.05) is 21.2 Å². The lowest BCUT2D eigenvalue weighted by molar-refractivity contribution is -0.146. The molecule has 2 aromatic rings. The second kappa shape index (κ2) is 12.1. The maximum absolute atomic E-state index is 12.8. The van der Waals surface area contributed by atoms with Crippen LogP contribution >= 0.6 is 35.0 Å². The lowest BCUT2D eigenvalue weighted by Gasteiger charge is -2.14. The zero-order chi connectivity index (χ0) is 24.7. The minimum absolute atomic E-state index is 0.127. The van der Waals surface area contributed by atoms with Crippen LogP contribution in [0.5, 0.6) is 11.5 Å². The van der Waals surface area contributed by atoms with Crippen LogP contribution in [0.3, 0.4) is 0 Å². The van der Waals surface area contributed by atoms with Crippen molar-refractivity contribution in [3.8, 4) is 11.5 Å². The van der Waals surface area contributed by atoms with Crippen molar-refractivity contribution in [1.82, 2.24) is 4.90 Å². The third-order valence-electron chi connectivity index (χ3n) is 4.82. The first-order valence-corrected chi connectivity index (χ1v) is 12.1. The summed E-state index contributed by atoms with van der Waals surface area (Å²) in [5.41, 5.74) is 1.24. The van der Waals surface area contributed by atoms with Crippen LogP contribution < -0.4 is 9.47 Å². The van der Waals surface area contributed by atoms with Crippen LogP contribution in [-0.2, 0) is 20.9 Å². The number of ether oxygens (including phenoxy) is 3. The fraction of sp³-hybridized carbons (Fsp3) is 0.292. The Morgan fingerprint density at radius 3 is 2.68 bits per heavy atom. The van der Waals surface area contributed by atoms with Gasteiger partial charge in [-0.2, -0.15) is 0 Å². The van der Waals surface area contributed by atoms with Crippen LogP contribution in [0.15, 0.2) is 41.3 Å². The molecule has 1 fully saturated rings. The monoisotopic (exact) mass is 523 g/mol. The molecular formula is C24H23Cl2NO6S. The van der Waals surface area contributed by atoms with Gasteiger partial charge in [-0.05, 0) is 42.5 Å². The van der Waals surface area contributed by atoms with E-state index in [4.69, 9.17) is 37.4 Å². The number of carbonyl (C=O) groups excluding carboxylic acids is 3. The van der Waals surface area contributed by atoms with Gasteiger partial charge in [0.1, 0.15) is 13.2 Å². The summed E-state index contributed by atoms with van der Waals surface area (Å²) >= 11 is 12.9. The third kappa shape index (κ3) is 6.46. The number of esters is 1. The topological polar surface area (TPSA) is 82.1 Å². The second-order valence-corrected chi connectivity index (χ2v) is 9.08. The third-order valence-corrected chi connectivity index (χ3v) is 6.32. The molecule has 7 nitrogen and oxygen atoms in total. The molecule has 1 heterocycles. The number of imide groups is 1. The molecule has 2 amide bonds. The van der Waals surface area contributed by atoms with E-state index in [1.54, 1.807) is 36.4 Å². The Morgan fingerprint density at radius 1 is 1.18 bits per heavy atom. The van der Waals surface area contributed by atoms with Crippen LogP contribution in [0.4, 0.5) is 4.79 Å². The molecule has 0 atom stereocenters. The fourth-order valence-electron chi connectivity index (χ4n) is 3.03. The van der Waals surface area contributed by atoms with Gasteiger partial charge in [-0.1, -0.05) is 54.7 Å². The van der Waals surface area contributed by atoms with E-state index in [9.17, 15) is 14.4 Å². The highest BCUT2D eigenvalue weighted by atomic mass is 35.5. The summed E-state index contributed by atoms with van der Waals surface area (Å²) in [6.07, 6.45) is 3.12.